The number of halogens is 1. The molecule has 0 saturated heterocycles. The van der Waals surface area contributed by atoms with Gasteiger partial charge in [0.2, 0.25) is 0 Å². The van der Waals surface area contributed by atoms with Gasteiger partial charge in [0.15, 0.2) is 11.6 Å². The first kappa shape index (κ1) is 14.0. The van der Waals surface area contributed by atoms with Crippen LogP contribution in [0.15, 0.2) is 18.2 Å². The molecule has 1 rings (SSSR count). The van der Waals surface area contributed by atoms with Crippen LogP contribution >= 0.6 is 0 Å². The van der Waals surface area contributed by atoms with Crippen molar-refractivity contribution in [3.8, 4) is 5.75 Å². The molecule has 2 nitrogen and oxygen atoms in total. The molecule has 0 bridgehead atoms. The van der Waals surface area contributed by atoms with E-state index < -0.39 is 5.60 Å². The van der Waals surface area contributed by atoms with E-state index in [1.165, 1.54) is 7.11 Å². The fraction of sp³-hybridized carbons (Fsp3) is 0.571. The number of hydrogen-bond donors (Lipinski definition) is 1. The van der Waals surface area contributed by atoms with Crippen LogP contribution in [0.1, 0.15) is 32.8 Å². The maximum Gasteiger partial charge on any atom is 0.168 e. The second kappa shape index (κ2) is 5.50. The van der Waals surface area contributed by atoms with Crippen LogP contribution in [0.2, 0.25) is 0 Å². The summed E-state index contributed by atoms with van der Waals surface area (Å²) in [5, 5.41) is 10.3. The summed E-state index contributed by atoms with van der Waals surface area (Å²) in [5.74, 6) is -0.0332. The average molecular weight is 240 g/mol. The molecular formula is C14H21FO2. The fourth-order valence-corrected chi connectivity index (χ4v) is 1.85. The van der Waals surface area contributed by atoms with Crippen molar-refractivity contribution in [1.29, 1.82) is 0 Å². The number of aliphatic hydroxyl groups is 1. The lowest BCUT2D eigenvalue weighted by molar-refractivity contribution is 0.00440. The molecule has 0 aliphatic carbocycles. The van der Waals surface area contributed by atoms with Gasteiger partial charge in [0.05, 0.1) is 12.7 Å². The van der Waals surface area contributed by atoms with Crippen LogP contribution < -0.4 is 4.74 Å². The number of ether oxygens (including phenoxy) is 1. The van der Waals surface area contributed by atoms with Gasteiger partial charge in [-0.2, -0.15) is 0 Å². The maximum atomic E-state index is 13.9. The highest BCUT2D eigenvalue weighted by molar-refractivity contribution is 5.32. The third-order valence-corrected chi connectivity index (χ3v) is 3.49. The predicted molar refractivity (Wildman–Crippen MR) is 66.7 cm³/mol. The lowest BCUT2D eigenvalue weighted by Crippen LogP contribution is -2.35. The topological polar surface area (TPSA) is 29.5 Å². The van der Waals surface area contributed by atoms with Crippen LogP contribution in [0, 0.1) is 11.7 Å². The van der Waals surface area contributed by atoms with E-state index in [9.17, 15) is 9.50 Å². The molecule has 17 heavy (non-hydrogen) atoms. The van der Waals surface area contributed by atoms with Gasteiger partial charge in [0.1, 0.15) is 0 Å². The van der Waals surface area contributed by atoms with E-state index in [1.807, 2.05) is 13.8 Å². The number of methoxy groups -OCH3 is 1. The van der Waals surface area contributed by atoms with Gasteiger partial charge in [-0.3, -0.25) is 0 Å². The zero-order chi connectivity index (χ0) is 13.1. The van der Waals surface area contributed by atoms with Gasteiger partial charge in [0.25, 0.3) is 0 Å². The van der Waals surface area contributed by atoms with E-state index in [4.69, 9.17) is 4.74 Å². The summed E-state index contributed by atoms with van der Waals surface area (Å²) in [7, 11) is 1.44. The Hall–Kier alpha value is -1.09. The molecule has 1 aromatic carbocycles. The Labute approximate surface area is 102 Å². The molecule has 0 saturated carbocycles. The van der Waals surface area contributed by atoms with E-state index in [0.29, 0.717) is 12.0 Å². The Kier molecular flexibility index (Phi) is 4.52. The minimum atomic E-state index is -0.901. The van der Waals surface area contributed by atoms with Crippen LogP contribution in [0.4, 0.5) is 4.39 Å². The molecule has 0 spiro atoms. The molecular weight excluding hydrogens is 219 g/mol. The predicted octanol–water partition coefficient (Wildman–Crippen LogP) is 3.17. The molecule has 96 valence electrons. The van der Waals surface area contributed by atoms with Gasteiger partial charge in [-0.1, -0.05) is 32.4 Å². The summed E-state index contributed by atoms with van der Waals surface area (Å²) >= 11 is 0. The van der Waals surface area contributed by atoms with Crippen molar-refractivity contribution in [1.82, 2.24) is 0 Å². The molecule has 1 N–H and O–H groups in total. The molecule has 2 unspecified atom stereocenters. The van der Waals surface area contributed by atoms with E-state index in [1.54, 1.807) is 25.1 Å². The summed E-state index contributed by atoms with van der Waals surface area (Å²) in [6.07, 6.45) is 1.16. The number of rotatable bonds is 5. The Morgan fingerprint density at radius 1 is 1.47 bits per heavy atom. The highest BCUT2D eigenvalue weighted by atomic mass is 19.1. The van der Waals surface area contributed by atoms with Gasteiger partial charge in [-0.25, -0.2) is 4.39 Å². The Morgan fingerprint density at radius 2 is 2.12 bits per heavy atom. The lowest BCUT2D eigenvalue weighted by Gasteiger charge is -2.30. The SMILES string of the molecule is CCC(C)C(C)(O)Cc1cccc(OC)c1F. The molecule has 0 aliphatic heterocycles. The summed E-state index contributed by atoms with van der Waals surface area (Å²) < 4.78 is 18.9. The van der Waals surface area contributed by atoms with Crippen LogP contribution in [-0.2, 0) is 6.42 Å². The van der Waals surface area contributed by atoms with Crippen LogP contribution in [0.5, 0.6) is 5.75 Å². The standard InChI is InChI=1S/C14H21FO2/c1-5-10(2)14(3,16)9-11-7-6-8-12(17-4)13(11)15/h6-8,10,16H,5,9H2,1-4H3. The van der Waals surface area contributed by atoms with Gasteiger partial charge in [-0.05, 0) is 24.5 Å². The highest BCUT2D eigenvalue weighted by Gasteiger charge is 2.28. The van der Waals surface area contributed by atoms with Crippen LogP contribution in [0.3, 0.4) is 0 Å². The first-order valence-corrected chi connectivity index (χ1v) is 5.96. The van der Waals surface area contributed by atoms with E-state index in [-0.39, 0.29) is 17.5 Å². The number of benzene rings is 1. The van der Waals surface area contributed by atoms with Gasteiger partial charge < -0.3 is 9.84 Å². The van der Waals surface area contributed by atoms with Crippen molar-refractivity contribution in [2.45, 2.75) is 39.2 Å². The molecule has 0 aromatic heterocycles. The molecule has 0 heterocycles. The van der Waals surface area contributed by atoms with Crippen molar-refractivity contribution in [3.63, 3.8) is 0 Å². The smallest absolute Gasteiger partial charge is 0.168 e. The average Bonchev–Trinajstić information content (AvgIpc) is 2.30. The van der Waals surface area contributed by atoms with Crippen molar-refractivity contribution in [3.05, 3.63) is 29.6 Å². The molecule has 0 amide bonds. The minimum Gasteiger partial charge on any atom is -0.494 e. The zero-order valence-electron chi connectivity index (χ0n) is 11.0. The molecule has 1 aromatic rings. The normalized spacial score (nSPS) is 16.4. The lowest BCUT2D eigenvalue weighted by atomic mass is 9.83. The van der Waals surface area contributed by atoms with E-state index >= 15 is 0 Å². The third-order valence-electron chi connectivity index (χ3n) is 3.49. The van der Waals surface area contributed by atoms with Gasteiger partial charge >= 0.3 is 0 Å². The Balaban J connectivity index is 2.95. The monoisotopic (exact) mass is 240 g/mol. The van der Waals surface area contributed by atoms with Crippen LogP contribution in [-0.4, -0.2) is 17.8 Å². The molecule has 0 fully saturated rings. The van der Waals surface area contributed by atoms with Crippen LogP contribution in [0.25, 0.3) is 0 Å². The van der Waals surface area contributed by atoms with Gasteiger partial charge in [0, 0.05) is 6.42 Å². The molecule has 0 aliphatic rings. The largest absolute Gasteiger partial charge is 0.494 e. The summed E-state index contributed by atoms with van der Waals surface area (Å²) in [6, 6.07) is 5.01. The second-order valence-electron chi connectivity index (χ2n) is 4.78. The highest BCUT2D eigenvalue weighted by Crippen LogP contribution is 2.28. The number of hydrogen-bond acceptors (Lipinski definition) is 2. The van der Waals surface area contributed by atoms with Crippen molar-refractivity contribution in [2.75, 3.05) is 7.11 Å². The van der Waals surface area contributed by atoms with Crippen molar-refractivity contribution in [2.24, 2.45) is 5.92 Å². The summed E-state index contributed by atoms with van der Waals surface area (Å²) in [6.45, 7) is 5.74. The first-order chi connectivity index (χ1) is 7.92. The minimum absolute atomic E-state index is 0.119. The molecule has 0 radical (unpaired) electrons. The first-order valence-electron chi connectivity index (χ1n) is 5.96. The summed E-state index contributed by atoms with van der Waals surface area (Å²) in [5.41, 5.74) is -0.406. The molecule has 2 atom stereocenters. The van der Waals surface area contributed by atoms with E-state index in [0.717, 1.165) is 6.42 Å². The van der Waals surface area contributed by atoms with Crippen molar-refractivity contribution >= 4 is 0 Å². The quantitative estimate of drug-likeness (QED) is 0.856. The Morgan fingerprint density at radius 3 is 2.65 bits per heavy atom. The third kappa shape index (κ3) is 3.19. The summed E-state index contributed by atoms with van der Waals surface area (Å²) in [4.78, 5) is 0. The van der Waals surface area contributed by atoms with Crippen molar-refractivity contribution < 1.29 is 14.2 Å². The zero-order valence-corrected chi connectivity index (χ0v) is 11.0. The Bertz CT molecular complexity index is 374. The second-order valence-corrected chi connectivity index (χ2v) is 4.78. The van der Waals surface area contributed by atoms with E-state index in [2.05, 4.69) is 0 Å². The fourth-order valence-electron chi connectivity index (χ4n) is 1.85. The maximum absolute atomic E-state index is 13.9. The molecule has 3 heteroatoms. The van der Waals surface area contributed by atoms with Gasteiger partial charge in [-0.15, -0.1) is 0 Å².